The van der Waals surface area contributed by atoms with E-state index in [4.69, 9.17) is 0 Å². The molecule has 0 spiro atoms. The molecule has 1 heteroatoms. The normalized spacial score (nSPS) is 22.5. The molecule has 0 saturated heterocycles. The Morgan fingerprint density at radius 2 is 1.00 bits per heavy atom. The van der Waals surface area contributed by atoms with Crippen LogP contribution in [-0.4, -0.2) is 0 Å². The van der Waals surface area contributed by atoms with Crippen molar-refractivity contribution in [2.75, 3.05) is 0 Å². The molecular formula is C18H28Ti. The van der Waals surface area contributed by atoms with Crippen LogP contribution in [-0.2, 0) is 16.6 Å². The first-order valence-corrected chi connectivity index (χ1v) is 12.5. The molecule has 0 aromatic rings. The van der Waals surface area contributed by atoms with Gasteiger partial charge in [-0.25, -0.2) is 0 Å². The predicted octanol–water partition coefficient (Wildman–Crippen LogP) is 6.41. The molecule has 2 aliphatic rings. The summed E-state index contributed by atoms with van der Waals surface area (Å²) in [6, 6.07) is 0. The van der Waals surface area contributed by atoms with E-state index in [1.165, 1.54) is 25.7 Å². The molecule has 0 heterocycles. The van der Waals surface area contributed by atoms with Gasteiger partial charge in [-0.15, -0.1) is 0 Å². The standard InChI is InChI=1S/2C8H11.2CH3.Ti/c2*1-2-5-8-6-3-4-7-8;;;/h2*3-4,6-7H,2,5H2,1H3;2*1H3;. The SMILES string of the molecule is CCC[C]1([Ti]([CH3])([CH3])[C]2(CCC)C=CC=C2)C=CC=C1. The Bertz CT molecular complexity index is 371. The first-order chi connectivity index (χ1) is 9.04. The summed E-state index contributed by atoms with van der Waals surface area (Å²) in [5.41, 5.74) is 0. The number of allylic oxidation sites excluding steroid dienone is 8. The number of hydrogen-bond donors (Lipinski definition) is 0. The molecule has 0 bridgehead atoms. The van der Waals surface area contributed by atoms with Crippen molar-refractivity contribution < 1.29 is 16.6 Å². The molecular weight excluding hydrogens is 264 g/mol. The maximum absolute atomic E-state index is 2.64. The zero-order chi connectivity index (χ0) is 14.0. The van der Waals surface area contributed by atoms with Crippen LogP contribution in [0.1, 0.15) is 39.5 Å². The monoisotopic (exact) mass is 292 g/mol. The van der Waals surface area contributed by atoms with Crippen LogP contribution in [0.15, 0.2) is 48.6 Å². The molecule has 104 valence electrons. The zero-order valence-corrected chi connectivity index (χ0v) is 14.5. The average molecular weight is 292 g/mol. The van der Waals surface area contributed by atoms with E-state index in [0.29, 0.717) is 7.44 Å². The summed E-state index contributed by atoms with van der Waals surface area (Å²) in [4.78, 5) is 0. The Kier molecular flexibility index (Phi) is 4.43. The molecule has 0 N–H and O–H groups in total. The Hall–Kier alpha value is -0.326. The second kappa shape index (κ2) is 5.58. The van der Waals surface area contributed by atoms with Crippen molar-refractivity contribution in [3.8, 4) is 0 Å². The fourth-order valence-corrected chi connectivity index (χ4v) is 11.4. The van der Waals surface area contributed by atoms with Crippen LogP contribution in [0.3, 0.4) is 0 Å². The van der Waals surface area contributed by atoms with Gasteiger partial charge in [0.1, 0.15) is 0 Å². The van der Waals surface area contributed by atoms with Crippen LogP contribution in [0.2, 0.25) is 17.9 Å². The molecule has 0 fully saturated rings. The maximum atomic E-state index is 2.64. The van der Waals surface area contributed by atoms with E-state index in [1.54, 1.807) is 0 Å². The molecule has 0 amide bonds. The van der Waals surface area contributed by atoms with Crippen molar-refractivity contribution in [1.29, 1.82) is 0 Å². The number of rotatable bonds is 6. The number of hydrogen-bond acceptors (Lipinski definition) is 0. The summed E-state index contributed by atoms with van der Waals surface area (Å²) in [5.74, 6) is 0. The first-order valence-electron chi connectivity index (χ1n) is 7.78. The van der Waals surface area contributed by atoms with Crippen LogP contribution < -0.4 is 0 Å². The van der Waals surface area contributed by atoms with Gasteiger partial charge in [0.2, 0.25) is 0 Å². The van der Waals surface area contributed by atoms with Gasteiger partial charge < -0.3 is 0 Å². The molecule has 0 aromatic carbocycles. The van der Waals surface area contributed by atoms with Gasteiger partial charge in [-0.1, -0.05) is 0 Å². The molecule has 19 heavy (non-hydrogen) atoms. The minimum atomic E-state index is -2.13. The zero-order valence-electron chi connectivity index (χ0n) is 12.9. The summed E-state index contributed by atoms with van der Waals surface area (Å²) in [6.07, 6.45) is 24.4. The molecule has 0 radical (unpaired) electrons. The third-order valence-electron chi connectivity index (χ3n) is 5.45. The van der Waals surface area contributed by atoms with Gasteiger partial charge in [-0.3, -0.25) is 0 Å². The van der Waals surface area contributed by atoms with E-state index in [1.807, 2.05) is 0 Å². The molecule has 0 aliphatic heterocycles. The molecule has 0 nitrogen and oxygen atoms in total. The van der Waals surface area contributed by atoms with E-state index in [0.717, 1.165) is 0 Å². The average Bonchev–Trinajstić information content (AvgIpc) is 3.00. The van der Waals surface area contributed by atoms with Gasteiger partial charge in [0.05, 0.1) is 0 Å². The summed E-state index contributed by atoms with van der Waals surface area (Å²) < 4.78 is 0.784. The van der Waals surface area contributed by atoms with E-state index < -0.39 is 16.6 Å². The molecule has 0 unspecified atom stereocenters. The quantitative estimate of drug-likeness (QED) is 0.496. The van der Waals surface area contributed by atoms with Gasteiger partial charge in [0.15, 0.2) is 0 Å². The van der Waals surface area contributed by atoms with Gasteiger partial charge in [-0.2, -0.15) is 0 Å². The van der Waals surface area contributed by atoms with Crippen LogP contribution in [0.5, 0.6) is 0 Å². The van der Waals surface area contributed by atoms with Gasteiger partial charge in [0, 0.05) is 0 Å². The summed E-state index contributed by atoms with van der Waals surface area (Å²) >= 11 is -2.13. The molecule has 0 atom stereocenters. The molecule has 2 rings (SSSR count). The van der Waals surface area contributed by atoms with Crippen LogP contribution in [0, 0.1) is 0 Å². The summed E-state index contributed by atoms with van der Waals surface area (Å²) in [7, 11) is 0. The minimum absolute atomic E-state index is 0.392. The summed E-state index contributed by atoms with van der Waals surface area (Å²) in [5, 5.41) is 5.29. The Morgan fingerprint density at radius 1 is 0.684 bits per heavy atom. The van der Waals surface area contributed by atoms with Crippen molar-refractivity contribution in [1.82, 2.24) is 0 Å². The fourth-order valence-electron chi connectivity index (χ4n) is 4.07. The van der Waals surface area contributed by atoms with E-state index in [2.05, 4.69) is 72.9 Å². The van der Waals surface area contributed by atoms with Crippen LogP contribution >= 0.6 is 0 Å². The van der Waals surface area contributed by atoms with Crippen molar-refractivity contribution in [3.63, 3.8) is 0 Å². The van der Waals surface area contributed by atoms with Gasteiger partial charge in [0.25, 0.3) is 0 Å². The van der Waals surface area contributed by atoms with Crippen molar-refractivity contribution in [3.05, 3.63) is 48.6 Å². The topological polar surface area (TPSA) is 0 Å². The van der Waals surface area contributed by atoms with E-state index in [-0.39, 0.29) is 0 Å². The Labute approximate surface area is 122 Å². The molecule has 0 aromatic heterocycles. The second-order valence-corrected chi connectivity index (χ2v) is 14.6. The van der Waals surface area contributed by atoms with Crippen molar-refractivity contribution in [2.24, 2.45) is 0 Å². The fraction of sp³-hybridized carbons (Fsp3) is 0.556. The molecule has 0 saturated carbocycles. The second-order valence-electron chi connectivity index (χ2n) is 6.64. The van der Waals surface area contributed by atoms with Crippen molar-refractivity contribution >= 4 is 0 Å². The Morgan fingerprint density at radius 3 is 1.26 bits per heavy atom. The Balaban J connectivity index is 2.44. The van der Waals surface area contributed by atoms with Gasteiger partial charge >= 0.3 is 123 Å². The third-order valence-corrected chi connectivity index (χ3v) is 14.5. The van der Waals surface area contributed by atoms with Crippen LogP contribution in [0.4, 0.5) is 0 Å². The predicted molar refractivity (Wildman–Crippen MR) is 83.5 cm³/mol. The van der Waals surface area contributed by atoms with E-state index >= 15 is 0 Å². The van der Waals surface area contributed by atoms with Crippen LogP contribution in [0.25, 0.3) is 0 Å². The molecule has 2 aliphatic carbocycles. The first kappa shape index (κ1) is 15.1. The summed E-state index contributed by atoms with van der Waals surface area (Å²) in [6.45, 7) is 4.65. The van der Waals surface area contributed by atoms with Crippen molar-refractivity contribution in [2.45, 2.75) is 57.4 Å². The third kappa shape index (κ3) is 2.28. The van der Waals surface area contributed by atoms with Gasteiger partial charge in [-0.05, 0) is 0 Å². The van der Waals surface area contributed by atoms with E-state index in [9.17, 15) is 0 Å².